The third-order valence-electron chi connectivity index (χ3n) is 3.24. The first-order valence-electron chi connectivity index (χ1n) is 6.16. The standard InChI is InChI=1S/C15H20/c1-3-8-14(9-4-1)12-7-13-15-10-5-2-6-11-15/h1,3-5,8-10,15H,2,6-7,11-13H2/t15-/m1/s1. The second kappa shape index (κ2) is 5.75. The third kappa shape index (κ3) is 3.54. The monoisotopic (exact) mass is 200 g/mol. The molecule has 0 radical (unpaired) electrons. The summed E-state index contributed by atoms with van der Waals surface area (Å²) >= 11 is 0. The van der Waals surface area contributed by atoms with E-state index in [9.17, 15) is 0 Å². The molecule has 0 amide bonds. The van der Waals surface area contributed by atoms with Crippen LogP contribution in [-0.2, 0) is 6.42 Å². The van der Waals surface area contributed by atoms with Crippen molar-refractivity contribution in [2.45, 2.75) is 38.5 Å². The maximum absolute atomic E-state index is 2.43. The van der Waals surface area contributed by atoms with Gasteiger partial charge in [-0.3, -0.25) is 0 Å². The Bertz CT molecular complexity index is 297. The Morgan fingerprint density at radius 3 is 2.73 bits per heavy atom. The van der Waals surface area contributed by atoms with Gasteiger partial charge in [-0.2, -0.15) is 0 Å². The molecule has 2 rings (SSSR count). The zero-order valence-corrected chi connectivity index (χ0v) is 9.36. The number of hydrogen-bond donors (Lipinski definition) is 0. The zero-order chi connectivity index (χ0) is 10.3. The molecule has 1 aliphatic carbocycles. The topological polar surface area (TPSA) is 0 Å². The molecule has 0 N–H and O–H groups in total. The summed E-state index contributed by atoms with van der Waals surface area (Å²) in [5.41, 5.74) is 1.48. The normalized spacial score (nSPS) is 20.4. The first kappa shape index (κ1) is 10.5. The maximum Gasteiger partial charge on any atom is -0.0233 e. The van der Waals surface area contributed by atoms with Crippen molar-refractivity contribution in [3.05, 3.63) is 48.0 Å². The van der Waals surface area contributed by atoms with Crippen molar-refractivity contribution < 1.29 is 0 Å². The van der Waals surface area contributed by atoms with E-state index in [-0.39, 0.29) is 0 Å². The van der Waals surface area contributed by atoms with Crippen molar-refractivity contribution in [2.75, 3.05) is 0 Å². The van der Waals surface area contributed by atoms with Gasteiger partial charge in [0, 0.05) is 0 Å². The lowest BCUT2D eigenvalue weighted by molar-refractivity contribution is 0.489. The van der Waals surface area contributed by atoms with E-state index >= 15 is 0 Å². The Morgan fingerprint density at radius 2 is 2.00 bits per heavy atom. The number of aryl methyl sites for hydroxylation is 1. The Kier molecular flexibility index (Phi) is 4.01. The number of benzene rings is 1. The molecule has 0 nitrogen and oxygen atoms in total. The van der Waals surface area contributed by atoms with Gasteiger partial charge < -0.3 is 0 Å². The Morgan fingerprint density at radius 1 is 1.13 bits per heavy atom. The minimum absolute atomic E-state index is 0.863. The number of rotatable bonds is 4. The highest BCUT2D eigenvalue weighted by Gasteiger charge is 2.07. The molecule has 0 heteroatoms. The molecule has 1 aliphatic rings. The van der Waals surface area contributed by atoms with Crippen molar-refractivity contribution in [3.63, 3.8) is 0 Å². The molecule has 0 saturated heterocycles. The average molecular weight is 200 g/mol. The molecule has 0 spiro atoms. The molecular weight excluding hydrogens is 180 g/mol. The van der Waals surface area contributed by atoms with Crippen LogP contribution in [0.4, 0.5) is 0 Å². The highest BCUT2D eigenvalue weighted by Crippen LogP contribution is 2.22. The molecule has 0 aliphatic heterocycles. The van der Waals surface area contributed by atoms with E-state index in [1.807, 2.05) is 0 Å². The molecule has 0 saturated carbocycles. The minimum Gasteiger partial charge on any atom is -0.0883 e. The first-order chi connectivity index (χ1) is 7.45. The molecule has 1 atom stereocenters. The molecule has 0 heterocycles. The Balaban J connectivity index is 1.70. The van der Waals surface area contributed by atoms with Crippen LogP contribution in [0.1, 0.15) is 37.7 Å². The van der Waals surface area contributed by atoms with Gasteiger partial charge in [0.1, 0.15) is 0 Å². The van der Waals surface area contributed by atoms with E-state index in [1.165, 1.54) is 44.1 Å². The highest BCUT2D eigenvalue weighted by atomic mass is 14.1. The van der Waals surface area contributed by atoms with Gasteiger partial charge >= 0.3 is 0 Å². The van der Waals surface area contributed by atoms with Gasteiger partial charge in [0.2, 0.25) is 0 Å². The molecule has 0 bridgehead atoms. The van der Waals surface area contributed by atoms with Crippen LogP contribution < -0.4 is 0 Å². The summed E-state index contributed by atoms with van der Waals surface area (Å²) in [5, 5.41) is 0. The second-order valence-electron chi connectivity index (χ2n) is 4.50. The van der Waals surface area contributed by atoms with Crippen LogP contribution in [0, 0.1) is 5.92 Å². The maximum atomic E-state index is 2.43. The van der Waals surface area contributed by atoms with Crippen LogP contribution >= 0.6 is 0 Å². The van der Waals surface area contributed by atoms with Crippen LogP contribution in [-0.4, -0.2) is 0 Å². The molecule has 0 aromatic heterocycles. The van der Waals surface area contributed by atoms with Gasteiger partial charge in [-0.15, -0.1) is 0 Å². The largest absolute Gasteiger partial charge is 0.0883 e. The highest BCUT2D eigenvalue weighted by molar-refractivity contribution is 5.14. The summed E-state index contributed by atoms with van der Waals surface area (Å²) in [6, 6.07) is 10.8. The fourth-order valence-electron chi connectivity index (χ4n) is 2.34. The van der Waals surface area contributed by atoms with Gasteiger partial charge in [-0.05, 0) is 50.0 Å². The zero-order valence-electron chi connectivity index (χ0n) is 9.36. The summed E-state index contributed by atoms with van der Waals surface area (Å²) in [5.74, 6) is 0.863. The van der Waals surface area contributed by atoms with Crippen LogP contribution in [0.25, 0.3) is 0 Å². The van der Waals surface area contributed by atoms with Gasteiger partial charge in [0.25, 0.3) is 0 Å². The van der Waals surface area contributed by atoms with Gasteiger partial charge in [-0.25, -0.2) is 0 Å². The van der Waals surface area contributed by atoms with Crippen LogP contribution in [0.15, 0.2) is 42.5 Å². The molecule has 0 unspecified atom stereocenters. The smallest absolute Gasteiger partial charge is 0.0233 e. The van der Waals surface area contributed by atoms with Crippen molar-refractivity contribution in [1.29, 1.82) is 0 Å². The SMILES string of the molecule is C1=C[C@@H](CCCc2ccccc2)CCC1. The van der Waals surface area contributed by atoms with Gasteiger partial charge in [0.15, 0.2) is 0 Å². The lowest BCUT2D eigenvalue weighted by Gasteiger charge is -2.15. The number of allylic oxidation sites excluding steroid dienone is 2. The molecule has 80 valence electrons. The summed E-state index contributed by atoms with van der Waals surface area (Å²) in [4.78, 5) is 0. The summed E-state index contributed by atoms with van der Waals surface area (Å²) in [7, 11) is 0. The Labute approximate surface area is 93.0 Å². The van der Waals surface area contributed by atoms with Crippen molar-refractivity contribution >= 4 is 0 Å². The van der Waals surface area contributed by atoms with E-state index in [2.05, 4.69) is 42.5 Å². The van der Waals surface area contributed by atoms with Crippen LogP contribution in [0.2, 0.25) is 0 Å². The molecule has 0 fully saturated rings. The fraction of sp³-hybridized carbons (Fsp3) is 0.467. The predicted octanol–water partition coefficient (Wildman–Crippen LogP) is 4.37. The van der Waals surface area contributed by atoms with Gasteiger partial charge in [0.05, 0.1) is 0 Å². The summed E-state index contributed by atoms with van der Waals surface area (Å²) < 4.78 is 0. The second-order valence-corrected chi connectivity index (χ2v) is 4.50. The predicted molar refractivity (Wildman–Crippen MR) is 65.9 cm³/mol. The average Bonchev–Trinajstić information content (AvgIpc) is 2.32. The van der Waals surface area contributed by atoms with Crippen molar-refractivity contribution in [1.82, 2.24) is 0 Å². The minimum atomic E-state index is 0.863. The summed E-state index contributed by atoms with van der Waals surface area (Å²) in [6.45, 7) is 0. The molecular formula is C15H20. The molecule has 15 heavy (non-hydrogen) atoms. The lowest BCUT2D eigenvalue weighted by Crippen LogP contribution is -2.01. The van der Waals surface area contributed by atoms with Crippen LogP contribution in [0.3, 0.4) is 0 Å². The van der Waals surface area contributed by atoms with E-state index in [0.717, 1.165) is 5.92 Å². The van der Waals surface area contributed by atoms with E-state index in [1.54, 1.807) is 0 Å². The number of hydrogen-bond acceptors (Lipinski definition) is 0. The lowest BCUT2D eigenvalue weighted by atomic mass is 9.91. The van der Waals surface area contributed by atoms with E-state index in [0.29, 0.717) is 0 Å². The fourth-order valence-corrected chi connectivity index (χ4v) is 2.34. The molecule has 1 aromatic rings. The first-order valence-corrected chi connectivity index (χ1v) is 6.16. The van der Waals surface area contributed by atoms with Gasteiger partial charge in [-0.1, -0.05) is 42.5 Å². The van der Waals surface area contributed by atoms with Crippen molar-refractivity contribution in [3.8, 4) is 0 Å². The van der Waals surface area contributed by atoms with Crippen molar-refractivity contribution in [2.24, 2.45) is 5.92 Å². The molecule has 1 aromatic carbocycles. The summed E-state index contributed by atoms with van der Waals surface area (Å²) in [6.07, 6.45) is 12.8. The third-order valence-corrected chi connectivity index (χ3v) is 3.24. The van der Waals surface area contributed by atoms with E-state index in [4.69, 9.17) is 0 Å². The van der Waals surface area contributed by atoms with Crippen LogP contribution in [0.5, 0.6) is 0 Å². The van der Waals surface area contributed by atoms with E-state index < -0.39 is 0 Å². The quantitative estimate of drug-likeness (QED) is 0.633. The Hall–Kier alpha value is -1.04.